The van der Waals surface area contributed by atoms with Crippen molar-refractivity contribution in [1.82, 2.24) is 4.98 Å². The number of aromatic nitrogens is 1. The van der Waals surface area contributed by atoms with E-state index in [9.17, 15) is 9.18 Å². The zero-order valence-corrected chi connectivity index (χ0v) is 12.4. The number of aryl methyl sites for hydroxylation is 1. The van der Waals surface area contributed by atoms with Crippen LogP contribution < -0.4 is 5.32 Å². The first-order valence-corrected chi connectivity index (χ1v) is 6.60. The van der Waals surface area contributed by atoms with Crippen LogP contribution in [0.15, 0.2) is 24.4 Å². The van der Waals surface area contributed by atoms with Crippen LogP contribution in [0.3, 0.4) is 0 Å². The van der Waals surface area contributed by atoms with Crippen molar-refractivity contribution in [2.75, 3.05) is 5.32 Å². The quantitative estimate of drug-likeness (QED) is 0.862. The van der Waals surface area contributed by atoms with Crippen molar-refractivity contribution in [1.29, 1.82) is 0 Å². The van der Waals surface area contributed by atoms with Crippen LogP contribution in [0.25, 0.3) is 0 Å². The second-order valence-electron chi connectivity index (χ2n) is 4.00. The summed E-state index contributed by atoms with van der Waals surface area (Å²) >= 11 is 17.7. The van der Waals surface area contributed by atoms with Gasteiger partial charge >= 0.3 is 0 Å². The summed E-state index contributed by atoms with van der Waals surface area (Å²) in [5, 5.41) is 2.74. The largest absolute Gasteiger partial charge is 0.319 e. The number of carbonyl (C=O) groups is 1. The number of halogens is 4. The highest BCUT2D eigenvalue weighted by Gasteiger charge is 2.16. The fourth-order valence-corrected chi connectivity index (χ4v) is 2.38. The van der Waals surface area contributed by atoms with Crippen LogP contribution in [0.2, 0.25) is 15.1 Å². The molecule has 2 aromatic rings. The molecular weight excluding hydrogens is 326 g/mol. The molecule has 0 aliphatic rings. The van der Waals surface area contributed by atoms with Crippen molar-refractivity contribution in [2.24, 2.45) is 0 Å². The molecule has 0 saturated heterocycles. The molecule has 0 spiro atoms. The molecule has 1 heterocycles. The topological polar surface area (TPSA) is 42.0 Å². The zero-order valence-electron chi connectivity index (χ0n) is 10.2. The molecule has 0 aliphatic carbocycles. The molecule has 1 aromatic heterocycles. The minimum absolute atomic E-state index is 0.000423. The smallest absolute Gasteiger partial charge is 0.258 e. The van der Waals surface area contributed by atoms with Crippen LogP contribution in [-0.2, 0) is 0 Å². The Morgan fingerprint density at radius 3 is 2.30 bits per heavy atom. The van der Waals surface area contributed by atoms with Crippen LogP contribution in [0.5, 0.6) is 0 Å². The van der Waals surface area contributed by atoms with Crippen LogP contribution >= 0.6 is 34.8 Å². The van der Waals surface area contributed by atoms with E-state index in [0.717, 1.165) is 12.1 Å². The molecule has 0 aliphatic heterocycles. The van der Waals surface area contributed by atoms with Crippen molar-refractivity contribution in [3.63, 3.8) is 0 Å². The predicted molar refractivity (Wildman–Crippen MR) is 78.4 cm³/mol. The Bertz CT molecular complexity index is 668. The molecule has 0 radical (unpaired) electrons. The first kappa shape index (κ1) is 15.0. The SMILES string of the molecule is Cc1cc(Cl)c(C(=O)Nc2c(Cl)cc(F)cc2Cl)cn1. The number of hydrogen-bond acceptors (Lipinski definition) is 2. The highest BCUT2D eigenvalue weighted by atomic mass is 35.5. The van der Waals surface area contributed by atoms with Gasteiger partial charge in [-0.05, 0) is 25.1 Å². The molecule has 1 N–H and O–H groups in total. The normalized spacial score (nSPS) is 10.4. The molecule has 2 rings (SSSR count). The maximum Gasteiger partial charge on any atom is 0.258 e. The lowest BCUT2D eigenvalue weighted by Gasteiger charge is -2.10. The van der Waals surface area contributed by atoms with Gasteiger partial charge in [-0.3, -0.25) is 9.78 Å². The first-order chi connectivity index (χ1) is 9.38. The lowest BCUT2D eigenvalue weighted by Crippen LogP contribution is -2.14. The number of nitrogens with one attached hydrogen (secondary N) is 1. The third-order valence-electron chi connectivity index (χ3n) is 2.48. The first-order valence-electron chi connectivity index (χ1n) is 5.46. The van der Waals surface area contributed by atoms with E-state index in [1.807, 2.05) is 0 Å². The van der Waals surface area contributed by atoms with Gasteiger partial charge in [0.05, 0.1) is 26.3 Å². The number of carbonyl (C=O) groups excluding carboxylic acids is 1. The lowest BCUT2D eigenvalue weighted by atomic mass is 10.2. The van der Waals surface area contributed by atoms with Crippen molar-refractivity contribution >= 4 is 46.4 Å². The summed E-state index contributed by atoms with van der Waals surface area (Å²) in [5.74, 6) is -1.12. The van der Waals surface area contributed by atoms with Crippen molar-refractivity contribution < 1.29 is 9.18 Å². The molecule has 3 nitrogen and oxygen atoms in total. The molecule has 1 aromatic carbocycles. The van der Waals surface area contributed by atoms with E-state index < -0.39 is 11.7 Å². The summed E-state index contributed by atoms with van der Waals surface area (Å²) in [6, 6.07) is 3.67. The van der Waals surface area contributed by atoms with Crippen molar-refractivity contribution in [3.05, 3.63) is 56.5 Å². The molecule has 1 amide bonds. The third-order valence-corrected chi connectivity index (χ3v) is 3.39. The molecule has 7 heteroatoms. The maximum absolute atomic E-state index is 13.1. The number of nitrogens with zero attached hydrogens (tertiary/aromatic N) is 1. The van der Waals surface area contributed by atoms with Gasteiger partial charge in [0.2, 0.25) is 0 Å². The van der Waals surface area contributed by atoms with Gasteiger partial charge in [-0.15, -0.1) is 0 Å². The standard InChI is InChI=1S/C13H8Cl3FN2O/c1-6-2-9(14)8(5-18-6)13(20)19-12-10(15)3-7(17)4-11(12)16/h2-5H,1H3,(H,19,20). The molecule has 0 unspecified atom stereocenters. The number of amides is 1. The van der Waals surface area contributed by atoms with E-state index in [1.54, 1.807) is 13.0 Å². The summed E-state index contributed by atoms with van der Waals surface area (Å²) in [7, 11) is 0. The van der Waals surface area contributed by atoms with Gasteiger partial charge in [-0.2, -0.15) is 0 Å². The molecule has 0 atom stereocenters. The van der Waals surface area contributed by atoms with Crippen molar-refractivity contribution in [3.8, 4) is 0 Å². The van der Waals surface area contributed by atoms with Crippen LogP contribution in [-0.4, -0.2) is 10.9 Å². The lowest BCUT2D eigenvalue weighted by molar-refractivity contribution is 0.102. The van der Waals surface area contributed by atoms with Crippen LogP contribution in [0.1, 0.15) is 16.1 Å². The Labute approximate surface area is 129 Å². The predicted octanol–water partition coefficient (Wildman–Crippen LogP) is 4.74. The van der Waals surface area contributed by atoms with Gasteiger partial charge in [0.15, 0.2) is 0 Å². The van der Waals surface area contributed by atoms with Gasteiger partial charge in [0.25, 0.3) is 5.91 Å². The average Bonchev–Trinajstić information content (AvgIpc) is 2.33. The van der Waals surface area contributed by atoms with Gasteiger partial charge < -0.3 is 5.32 Å². The second-order valence-corrected chi connectivity index (χ2v) is 5.23. The van der Waals surface area contributed by atoms with Crippen LogP contribution in [0, 0.1) is 12.7 Å². The molecule has 0 saturated carbocycles. The Hall–Kier alpha value is -1.36. The Balaban J connectivity index is 2.33. The van der Waals surface area contributed by atoms with E-state index in [2.05, 4.69) is 10.3 Å². The third kappa shape index (κ3) is 3.20. The molecular formula is C13H8Cl3FN2O. The number of hydrogen-bond donors (Lipinski definition) is 1. The summed E-state index contributed by atoms with van der Waals surface area (Å²) in [6.45, 7) is 1.75. The number of benzene rings is 1. The molecule has 20 heavy (non-hydrogen) atoms. The summed E-state index contributed by atoms with van der Waals surface area (Å²) in [6.07, 6.45) is 1.35. The highest BCUT2D eigenvalue weighted by molar-refractivity contribution is 6.40. The minimum Gasteiger partial charge on any atom is -0.319 e. The van der Waals surface area contributed by atoms with E-state index in [-0.39, 0.29) is 26.3 Å². The van der Waals surface area contributed by atoms with Crippen LogP contribution in [0.4, 0.5) is 10.1 Å². The Kier molecular flexibility index (Phi) is 4.48. The summed E-state index contributed by atoms with van der Waals surface area (Å²) in [4.78, 5) is 16.1. The second kappa shape index (κ2) is 5.95. The number of pyridine rings is 1. The maximum atomic E-state index is 13.1. The molecule has 104 valence electrons. The average molecular weight is 334 g/mol. The van der Waals surface area contributed by atoms with Gasteiger partial charge in [-0.25, -0.2) is 4.39 Å². The van der Waals surface area contributed by atoms with Gasteiger partial charge in [-0.1, -0.05) is 34.8 Å². The fourth-order valence-electron chi connectivity index (χ4n) is 1.54. The van der Waals surface area contributed by atoms with E-state index >= 15 is 0 Å². The van der Waals surface area contributed by atoms with E-state index in [0.29, 0.717) is 5.69 Å². The number of anilines is 1. The monoisotopic (exact) mass is 332 g/mol. The van der Waals surface area contributed by atoms with Crippen molar-refractivity contribution in [2.45, 2.75) is 6.92 Å². The van der Waals surface area contributed by atoms with E-state index in [4.69, 9.17) is 34.8 Å². The summed E-state index contributed by atoms with van der Waals surface area (Å²) in [5.41, 5.74) is 0.981. The Morgan fingerprint density at radius 2 is 1.75 bits per heavy atom. The van der Waals surface area contributed by atoms with Gasteiger partial charge in [0, 0.05) is 11.9 Å². The highest BCUT2D eigenvalue weighted by Crippen LogP contribution is 2.32. The Morgan fingerprint density at radius 1 is 1.15 bits per heavy atom. The van der Waals surface area contributed by atoms with Gasteiger partial charge in [0.1, 0.15) is 5.82 Å². The number of rotatable bonds is 2. The zero-order chi connectivity index (χ0) is 14.9. The van der Waals surface area contributed by atoms with E-state index in [1.165, 1.54) is 6.20 Å². The minimum atomic E-state index is -0.590. The molecule has 0 fully saturated rings. The summed E-state index contributed by atoms with van der Waals surface area (Å²) < 4.78 is 13.1. The molecule has 0 bridgehead atoms. The fraction of sp³-hybridized carbons (Fsp3) is 0.0769.